The Morgan fingerprint density at radius 3 is 2.66 bits per heavy atom. The van der Waals surface area contributed by atoms with Crippen LogP contribution in [0.5, 0.6) is 5.75 Å². The summed E-state index contributed by atoms with van der Waals surface area (Å²) in [5.74, 6) is -1.02. The summed E-state index contributed by atoms with van der Waals surface area (Å²) < 4.78 is 1.68. The molecule has 1 aliphatic heterocycles. The number of carbonyl (C=O) groups is 1. The lowest BCUT2D eigenvalue weighted by Gasteiger charge is -2.51. The third-order valence-electron chi connectivity index (χ3n) is 7.22. The van der Waals surface area contributed by atoms with Gasteiger partial charge in [-0.05, 0) is 62.1 Å². The Bertz CT molecular complexity index is 1260. The summed E-state index contributed by atoms with van der Waals surface area (Å²) in [4.78, 5) is 29.6. The Kier molecular flexibility index (Phi) is 6.25. The van der Waals surface area contributed by atoms with Gasteiger partial charge in [-0.15, -0.1) is 0 Å². The fourth-order valence-electron chi connectivity index (χ4n) is 5.71. The molecule has 0 bridgehead atoms. The number of likely N-dealkylation sites (N-methyl/N-ethyl adjacent to an activating group) is 1. The van der Waals surface area contributed by atoms with Gasteiger partial charge in [0, 0.05) is 25.4 Å². The van der Waals surface area contributed by atoms with Gasteiger partial charge in [-0.2, -0.15) is 0 Å². The average molecular weight is 477 g/mol. The third kappa shape index (κ3) is 3.96. The predicted molar refractivity (Wildman–Crippen MR) is 134 cm³/mol. The van der Waals surface area contributed by atoms with E-state index in [4.69, 9.17) is 0 Å². The van der Waals surface area contributed by atoms with Crippen molar-refractivity contribution in [3.63, 3.8) is 0 Å². The summed E-state index contributed by atoms with van der Waals surface area (Å²) in [6.45, 7) is 0.380. The molecule has 0 saturated carbocycles. The normalized spacial score (nSPS) is 21.7. The summed E-state index contributed by atoms with van der Waals surface area (Å²) in [5.41, 5.74) is 4.36. The minimum Gasteiger partial charge on any atom is -0.502 e. The summed E-state index contributed by atoms with van der Waals surface area (Å²) in [6.07, 6.45) is 9.30. The van der Waals surface area contributed by atoms with E-state index >= 15 is 0 Å². The van der Waals surface area contributed by atoms with E-state index in [1.807, 2.05) is 25.1 Å². The molecule has 8 heteroatoms. The number of allylic oxidation sites excluding steroid dienone is 3. The fraction of sp³-hybridized carbons (Fsp3) is 0.407. The van der Waals surface area contributed by atoms with Crippen LogP contribution < -0.4 is 10.4 Å². The van der Waals surface area contributed by atoms with Gasteiger partial charge in [0.05, 0.1) is 12.6 Å². The molecule has 184 valence electrons. The van der Waals surface area contributed by atoms with Crippen molar-refractivity contribution in [3.05, 3.63) is 86.9 Å². The number of carbonyl (C=O) groups excluding carboxylic acids is 1. The summed E-state index contributed by atoms with van der Waals surface area (Å²) in [7, 11) is 3.90. The zero-order valence-electron chi connectivity index (χ0n) is 20.2. The van der Waals surface area contributed by atoms with Gasteiger partial charge in [0.15, 0.2) is 11.4 Å². The number of aliphatic hydroxyl groups excluding tert-OH is 1. The van der Waals surface area contributed by atoms with Gasteiger partial charge in [0.25, 0.3) is 5.91 Å². The second-order valence-corrected chi connectivity index (χ2v) is 9.66. The van der Waals surface area contributed by atoms with Crippen LogP contribution in [0.4, 0.5) is 0 Å². The van der Waals surface area contributed by atoms with Gasteiger partial charge in [-0.3, -0.25) is 19.3 Å². The summed E-state index contributed by atoms with van der Waals surface area (Å²) in [5, 5.41) is 22.8. The Hall–Kier alpha value is -3.36. The molecule has 5 rings (SSSR count). The molecule has 2 unspecified atom stereocenters. The van der Waals surface area contributed by atoms with Gasteiger partial charge < -0.3 is 20.0 Å². The first-order valence-electron chi connectivity index (χ1n) is 12.2. The molecule has 2 atom stereocenters. The molecule has 2 N–H and O–H groups in total. The summed E-state index contributed by atoms with van der Waals surface area (Å²) >= 11 is 0. The quantitative estimate of drug-likeness (QED) is 0.688. The SMILES string of the molecule is CN(C)CC1N(CCO)C(=O)c2c(O)c(=O)ccn2N1C1C2=C(C=CCC2)CCc2ccccc21. The first-order chi connectivity index (χ1) is 16.9. The standard InChI is InChI=1S/C27H32N4O4/c1-28(2)17-23-29(15-16-32)27(35)25-26(34)22(33)13-14-30(25)31(23)24-20-9-5-3-7-18(20)11-12-19-8-4-6-10-21(19)24/h3-5,7-9,13-14,23-24,32,34H,6,10-12,15-17H2,1-2H3. The van der Waals surface area contributed by atoms with Crippen LogP contribution in [0.2, 0.25) is 0 Å². The highest BCUT2D eigenvalue weighted by molar-refractivity contribution is 5.96. The molecule has 1 aromatic heterocycles. The van der Waals surface area contributed by atoms with Gasteiger partial charge in [0.1, 0.15) is 6.17 Å². The van der Waals surface area contributed by atoms with E-state index in [0.29, 0.717) is 6.54 Å². The molecule has 35 heavy (non-hydrogen) atoms. The van der Waals surface area contributed by atoms with Crippen molar-refractivity contribution < 1.29 is 15.0 Å². The smallest absolute Gasteiger partial charge is 0.278 e. The first-order valence-corrected chi connectivity index (χ1v) is 12.2. The number of hydrogen-bond acceptors (Lipinski definition) is 6. The van der Waals surface area contributed by atoms with Crippen LogP contribution in [0, 0.1) is 0 Å². The molecular formula is C27H32N4O4. The lowest BCUT2D eigenvalue weighted by atomic mass is 9.87. The molecule has 8 nitrogen and oxygen atoms in total. The molecule has 2 aliphatic carbocycles. The van der Waals surface area contributed by atoms with Crippen molar-refractivity contribution in [1.29, 1.82) is 0 Å². The van der Waals surface area contributed by atoms with Crippen LogP contribution in [0.25, 0.3) is 0 Å². The summed E-state index contributed by atoms with van der Waals surface area (Å²) in [6, 6.07) is 9.52. The number of aliphatic hydroxyl groups is 1. The largest absolute Gasteiger partial charge is 0.502 e. The van der Waals surface area contributed by atoms with Crippen molar-refractivity contribution >= 4 is 5.91 Å². The maximum Gasteiger partial charge on any atom is 0.278 e. The van der Waals surface area contributed by atoms with Crippen LogP contribution >= 0.6 is 0 Å². The van der Waals surface area contributed by atoms with Crippen molar-refractivity contribution in [2.24, 2.45) is 0 Å². The van der Waals surface area contributed by atoms with Crippen LogP contribution in [-0.2, 0) is 6.42 Å². The van der Waals surface area contributed by atoms with E-state index in [0.717, 1.165) is 25.7 Å². The van der Waals surface area contributed by atoms with E-state index in [2.05, 4.69) is 35.4 Å². The third-order valence-corrected chi connectivity index (χ3v) is 7.22. The van der Waals surface area contributed by atoms with Gasteiger partial charge in [0.2, 0.25) is 5.43 Å². The fourth-order valence-corrected chi connectivity index (χ4v) is 5.71. The second kappa shape index (κ2) is 9.36. The molecule has 0 saturated heterocycles. The molecular weight excluding hydrogens is 444 g/mol. The molecule has 0 spiro atoms. The number of amides is 1. The number of β-amino-alcohol motifs (C(OH)–C–C–N with tert-alkyl or cyclic N) is 1. The average Bonchev–Trinajstić information content (AvgIpc) is 3.01. The molecule has 2 heterocycles. The number of aromatic hydroxyl groups is 1. The van der Waals surface area contributed by atoms with Crippen molar-refractivity contribution in [3.8, 4) is 5.75 Å². The van der Waals surface area contributed by atoms with Crippen molar-refractivity contribution in [1.82, 2.24) is 14.5 Å². The minimum atomic E-state index is -0.596. The van der Waals surface area contributed by atoms with Crippen molar-refractivity contribution in [2.45, 2.75) is 37.9 Å². The molecule has 3 aliphatic rings. The number of fused-ring (bicyclic) bond motifs is 2. The number of hydrogen-bond donors (Lipinski definition) is 2. The lowest BCUT2D eigenvalue weighted by molar-refractivity contribution is 0.0451. The van der Waals surface area contributed by atoms with Crippen molar-refractivity contribution in [2.75, 3.05) is 38.8 Å². The van der Waals surface area contributed by atoms with E-state index in [9.17, 15) is 19.8 Å². The second-order valence-electron chi connectivity index (χ2n) is 9.66. The lowest BCUT2D eigenvalue weighted by Crippen LogP contribution is -2.65. The molecule has 1 amide bonds. The molecule has 1 aromatic carbocycles. The molecule has 0 radical (unpaired) electrons. The van der Waals surface area contributed by atoms with E-state index in [1.165, 1.54) is 28.3 Å². The van der Waals surface area contributed by atoms with Crippen LogP contribution in [-0.4, -0.2) is 70.6 Å². The van der Waals surface area contributed by atoms with E-state index < -0.39 is 23.3 Å². The molecule has 0 fully saturated rings. The Balaban J connectivity index is 1.82. The highest BCUT2D eigenvalue weighted by Crippen LogP contribution is 2.43. The molecule has 2 aromatic rings. The number of benzene rings is 1. The maximum absolute atomic E-state index is 13.6. The number of rotatable bonds is 5. The monoisotopic (exact) mass is 476 g/mol. The number of aryl methyl sites for hydroxylation is 1. The van der Waals surface area contributed by atoms with Crippen LogP contribution in [0.3, 0.4) is 0 Å². The Morgan fingerprint density at radius 2 is 1.89 bits per heavy atom. The van der Waals surface area contributed by atoms with E-state index in [-0.39, 0.29) is 24.9 Å². The van der Waals surface area contributed by atoms with Gasteiger partial charge in [-0.25, -0.2) is 0 Å². The van der Waals surface area contributed by atoms with E-state index in [1.54, 1.807) is 15.8 Å². The Morgan fingerprint density at radius 1 is 1.09 bits per heavy atom. The maximum atomic E-state index is 13.6. The minimum absolute atomic E-state index is 0.0591. The number of nitrogens with zero attached hydrogens (tertiary/aromatic N) is 4. The van der Waals surface area contributed by atoms with Crippen LogP contribution in [0.15, 0.2) is 64.6 Å². The highest BCUT2D eigenvalue weighted by atomic mass is 16.3. The van der Waals surface area contributed by atoms with Gasteiger partial charge >= 0.3 is 0 Å². The van der Waals surface area contributed by atoms with Crippen LogP contribution in [0.1, 0.15) is 46.9 Å². The van der Waals surface area contributed by atoms with Gasteiger partial charge in [-0.1, -0.05) is 36.4 Å². The zero-order chi connectivity index (χ0) is 24.7. The first kappa shape index (κ1) is 23.4. The number of pyridine rings is 1. The zero-order valence-corrected chi connectivity index (χ0v) is 20.2. The predicted octanol–water partition coefficient (Wildman–Crippen LogP) is 2.16. The topological polar surface area (TPSA) is 89.3 Å². The Labute approximate surface area is 205 Å². The number of aromatic nitrogens is 1. The highest BCUT2D eigenvalue weighted by Gasteiger charge is 2.44.